The van der Waals surface area contributed by atoms with Crippen molar-refractivity contribution in [1.82, 2.24) is 16.0 Å². The molecular formula is C31H40ClN3O6. The minimum atomic E-state index is -1.06. The van der Waals surface area contributed by atoms with Crippen LogP contribution in [0.3, 0.4) is 0 Å². The number of aliphatic hydroxyl groups is 1. The average Bonchev–Trinajstić information content (AvgIpc) is 3.34. The number of halogens is 1. The second-order valence-corrected chi connectivity index (χ2v) is 11.9. The van der Waals surface area contributed by atoms with Gasteiger partial charge < -0.3 is 25.8 Å². The Morgan fingerprint density at radius 3 is 2.37 bits per heavy atom. The van der Waals surface area contributed by atoms with Crippen LogP contribution in [0.4, 0.5) is 4.79 Å². The van der Waals surface area contributed by atoms with E-state index >= 15 is 0 Å². The predicted molar refractivity (Wildman–Crippen MR) is 156 cm³/mol. The SMILES string of the molecule is CC(C)CC(NC(=O)OC(c1ccccc1)C(C)(C)c1cccc(Cl)c1)C(=O)NC(C[C@@H]1CCNC1=O)C(=O)CO. The van der Waals surface area contributed by atoms with Crippen molar-refractivity contribution in [1.29, 1.82) is 0 Å². The predicted octanol–water partition coefficient (Wildman–Crippen LogP) is 4.07. The summed E-state index contributed by atoms with van der Waals surface area (Å²) in [6, 6.07) is 14.6. The molecule has 0 aliphatic carbocycles. The van der Waals surface area contributed by atoms with Crippen molar-refractivity contribution >= 4 is 35.3 Å². The van der Waals surface area contributed by atoms with Gasteiger partial charge in [0.25, 0.3) is 0 Å². The maximum Gasteiger partial charge on any atom is 0.408 e. The third kappa shape index (κ3) is 8.78. The van der Waals surface area contributed by atoms with Gasteiger partial charge >= 0.3 is 6.09 Å². The molecule has 0 aromatic heterocycles. The van der Waals surface area contributed by atoms with Crippen LogP contribution in [0.25, 0.3) is 0 Å². The number of ketones is 1. The van der Waals surface area contributed by atoms with Crippen molar-refractivity contribution in [3.05, 3.63) is 70.7 Å². The van der Waals surface area contributed by atoms with Crippen molar-refractivity contribution in [3.63, 3.8) is 0 Å². The number of Topliss-reactive ketones (excluding diaryl/α,β-unsaturated/α-hetero) is 1. The lowest BCUT2D eigenvalue weighted by molar-refractivity contribution is -0.131. The smallest absolute Gasteiger partial charge is 0.408 e. The van der Waals surface area contributed by atoms with Crippen LogP contribution in [0.15, 0.2) is 54.6 Å². The molecule has 0 spiro atoms. The van der Waals surface area contributed by atoms with E-state index in [1.165, 1.54) is 0 Å². The molecule has 1 aliphatic heterocycles. The molecule has 3 amide bonds. The molecule has 41 heavy (non-hydrogen) atoms. The quantitative estimate of drug-likeness (QED) is 0.280. The summed E-state index contributed by atoms with van der Waals surface area (Å²) in [7, 11) is 0. The molecule has 1 heterocycles. The van der Waals surface area contributed by atoms with Crippen LogP contribution in [0.2, 0.25) is 5.02 Å². The topological polar surface area (TPSA) is 134 Å². The van der Waals surface area contributed by atoms with Gasteiger partial charge in [-0.3, -0.25) is 14.4 Å². The Morgan fingerprint density at radius 2 is 1.78 bits per heavy atom. The van der Waals surface area contributed by atoms with Crippen LogP contribution in [-0.2, 0) is 24.5 Å². The molecular weight excluding hydrogens is 546 g/mol. The molecule has 3 unspecified atom stereocenters. The van der Waals surface area contributed by atoms with Crippen molar-refractivity contribution < 1.29 is 29.0 Å². The Balaban J connectivity index is 1.81. The third-order valence-corrected chi connectivity index (χ3v) is 7.65. The fraction of sp³-hybridized carbons (Fsp3) is 0.484. The first-order chi connectivity index (χ1) is 19.4. The van der Waals surface area contributed by atoms with E-state index in [0.717, 1.165) is 11.1 Å². The van der Waals surface area contributed by atoms with Gasteiger partial charge in [0, 0.05) is 22.9 Å². The fourth-order valence-electron chi connectivity index (χ4n) is 5.09. The largest absolute Gasteiger partial charge is 0.440 e. The van der Waals surface area contributed by atoms with Gasteiger partial charge in [-0.2, -0.15) is 0 Å². The Kier molecular flexibility index (Phi) is 11.3. The number of rotatable bonds is 13. The van der Waals surface area contributed by atoms with Gasteiger partial charge in [-0.1, -0.05) is 81.8 Å². The van der Waals surface area contributed by atoms with Gasteiger partial charge in [-0.05, 0) is 48.4 Å². The van der Waals surface area contributed by atoms with E-state index in [-0.39, 0.29) is 24.7 Å². The molecule has 1 fully saturated rings. The number of ether oxygens (including phenoxy) is 1. The Bertz CT molecular complexity index is 1220. The minimum Gasteiger partial charge on any atom is -0.440 e. The van der Waals surface area contributed by atoms with Gasteiger partial charge in [0.2, 0.25) is 11.8 Å². The molecule has 4 atom stereocenters. The van der Waals surface area contributed by atoms with Gasteiger partial charge in [0.05, 0.1) is 6.04 Å². The molecule has 0 bridgehead atoms. The number of aliphatic hydroxyl groups excluding tert-OH is 1. The highest BCUT2D eigenvalue weighted by Crippen LogP contribution is 2.40. The Labute approximate surface area is 246 Å². The summed E-state index contributed by atoms with van der Waals surface area (Å²) < 4.78 is 6.02. The van der Waals surface area contributed by atoms with Crippen molar-refractivity contribution in [3.8, 4) is 0 Å². The molecule has 4 N–H and O–H groups in total. The Morgan fingerprint density at radius 1 is 1.07 bits per heavy atom. The lowest BCUT2D eigenvalue weighted by Crippen LogP contribution is -2.53. The highest BCUT2D eigenvalue weighted by molar-refractivity contribution is 6.30. The van der Waals surface area contributed by atoms with Crippen LogP contribution in [0.1, 0.15) is 64.2 Å². The van der Waals surface area contributed by atoms with Gasteiger partial charge in [0.15, 0.2) is 5.78 Å². The summed E-state index contributed by atoms with van der Waals surface area (Å²) in [5.41, 5.74) is 0.935. The number of hydrogen-bond acceptors (Lipinski definition) is 6. The first kappa shape index (κ1) is 32.1. The lowest BCUT2D eigenvalue weighted by Gasteiger charge is -2.35. The summed E-state index contributed by atoms with van der Waals surface area (Å²) in [4.78, 5) is 51.3. The van der Waals surface area contributed by atoms with E-state index in [0.29, 0.717) is 18.0 Å². The van der Waals surface area contributed by atoms with E-state index in [9.17, 15) is 24.3 Å². The summed E-state index contributed by atoms with van der Waals surface area (Å²) >= 11 is 6.27. The van der Waals surface area contributed by atoms with Crippen LogP contribution >= 0.6 is 11.6 Å². The molecule has 0 saturated carbocycles. The molecule has 10 heteroatoms. The van der Waals surface area contributed by atoms with Crippen molar-refractivity contribution in [2.45, 2.75) is 70.6 Å². The van der Waals surface area contributed by atoms with E-state index in [4.69, 9.17) is 16.3 Å². The zero-order valence-corrected chi connectivity index (χ0v) is 24.7. The first-order valence-electron chi connectivity index (χ1n) is 13.9. The van der Waals surface area contributed by atoms with E-state index in [1.807, 2.05) is 76.2 Å². The fourth-order valence-corrected chi connectivity index (χ4v) is 5.28. The molecule has 2 aromatic carbocycles. The molecule has 1 aliphatic rings. The monoisotopic (exact) mass is 585 g/mol. The van der Waals surface area contributed by atoms with Crippen LogP contribution < -0.4 is 16.0 Å². The molecule has 222 valence electrons. The zero-order valence-electron chi connectivity index (χ0n) is 24.0. The standard InChI is InChI=1S/C31H40ClN3O6/c1-19(2)15-25(29(39)34-24(26(37)18-36)16-21-13-14-33-28(21)38)35-30(40)41-27(20-9-6-5-7-10-20)31(3,4)22-11-8-12-23(32)17-22/h5-12,17,19,21,24-25,27,36H,13-16,18H2,1-4H3,(H,33,38)(H,34,39)(H,35,40)/t21-,24?,25?,27?/m0/s1. The summed E-state index contributed by atoms with van der Waals surface area (Å²) in [6.45, 7) is 7.43. The van der Waals surface area contributed by atoms with Crippen molar-refractivity contribution in [2.24, 2.45) is 11.8 Å². The van der Waals surface area contributed by atoms with E-state index < -0.39 is 53.9 Å². The number of hydrogen-bond donors (Lipinski definition) is 4. The minimum absolute atomic E-state index is 0.0199. The van der Waals surface area contributed by atoms with Gasteiger partial charge in [-0.15, -0.1) is 0 Å². The first-order valence-corrected chi connectivity index (χ1v) is 14.3. The molecule has 2 aromatic rings. The summed E-state index contributed by atoms with van der Waals surface area (Å²) in [6.07, 6.45) is -0.643. The lowest BCUT2D eigenvalue weighted by atomic mass is 9.76. The van der Waals surface area contributed by atoms with Crippen molar-refractivity contribution in [2.75, 3.05) is 13.2 Å². The van der Waals surface area contributed by atoms with Crippen LogP contribution in [0.5, 0.6) is 0 Å². The molecule has 1 saturated heterocycles. The number of benzene rings is 2. The normalized spacial score (nSPS) is 17.3. The number of alkyl carbamates (subject to hydrolysis) is 1. The van der Waals surface area contributed by atoms with E-state index in [1.54, 1.807) is 6.07 Å². The molecule has 0 radical (unpaired) electrons. The average molecular weight is 586 g/mol. The molecule has 9 nitrogen and oxygen atoms in total. The number of nitrogens with one attached hydrogen (secondary N) is 3. The second-order valence-electron chi connectivity index (χ2n) is 11.5. The number of amides is 3. The molecule has 3 rings (SSSR count). The maximum atomic E-state index is 13.4. The zero-order chi connectivity index (χ0) is 30.2. The van der Waals surface area contributed by atoms with Crippen LogP contribution in [-0.4, -0.2) is 54.0 Å². The summed E-state index contributed by atoms with van der Waals surface area (Å²) in [5.74, 6) is -1.81. The highest BCUT2D eigenvalue weighted by atomic mass is 35.5. The number of carbonyl (C=O) groups is 4. The summed E-state index contributed by atoms with van der Waals surface area (Å²) in [5, 5.41) is 18.1. The Hall–Kier alpha value is -3.43. The van der Waals surface area contributed by atoms with Gasteiger partial charge in [-0.25, -0.2) is 4.79 Å². The highest BCUT2D eigenvalue weighted by Gasteiger charge is 2.37. The number of carbonyl (C=O) groups excluding carboxylic acids is 4. The maximum absolute atomic E-state index is 13.4. The third-order valence-electron chi connectivity index (χ3n) is 7.41. The second kappa shape index (κ2) is 14.5. The van der Waals surface area contributed by atoms with Crippen LogP contribution in [0, 0.1) is 11.8 Å². The van der Waals surface area contributed by atoms with Gasteiger partial charge in [0.1, 0.15) is 18.8 Å². The van der Waals surface area contributed by atoms with E-state index in [2.05, 4.69) is 16.0 Å².